The van der Waals surface area contributed by atoms with Gasteiger partial charge in [0.15, 0.2) is 0 Å². The van der Waals surface area contributed by atoms with Crippen LogP contribution in [0.25, 0.3) is 21.3 Å². The summed E-state index contributed by atoms with van der Waals surface area (Å²) >= 11 is 3.23. The van der Waals surface area contributed by atoms with Crippen LogP contribution in [0.1, 0.15) is 20.9 Å². The van der Waals surface area contributed by atoms with Crippen LogP contribution in [0.3, 0.4) is 0 Å². The van der Waals surface area contributed by atoms with E-state index < -0.39 is 5.97 Å². The van der Waals surface area contributed by atoms with Crippen molar-refractivity contribution in [3.8, 4) is 11.1 Å². The fraction of sp³-hybridized carbons (Fsp3) is 0.125. The lowest BCUT2D eigenvalue weighted by molar-refractivity contribution is -0.120. The van der Waals surface area contributed by atoms with Crippen molar-refractivity contribution >= 4 is 45.2 Å². The van der Waals surface area contributed by atoms with Crippen LogP contribution in [0.2, 0.25) is 0 Å². The molecule has 4 aromatic rings. The zero-order valence-electron chi connectivity index (χ0n) is 16.8. The molecule has 31 heavy (non-hydrogen) atoms. The lowest BCUT2D eigenvalue weighted by Crippen LogP contribution is -2.24. The monoisotopic (exact) mass is 448 g/mol. The van der Waals surface area contributed by atoms with Gasteiger partial charge in [-0.15, -0.1) is 23.1 Å². The fourth-order valence-corrected chi connectivity index (χ4v) is 4.64. The summed E-state index contributed by atoms with van der Waals surface area (Å²) in [6, 6.07) is 21.1. The maximum Gasteiger partial charge on any atom is 0.335 e. The normalized spacial score (nSPS) is 10.9. The summed E-state index contributed by atoms with van der Waals surface area (Å²) in [6.07, 6.45) is 2.25. The molecule has 0 aliphatic carbocycles. The van der Waals surface area contributed by atoms with Crippen molar-refractivity contribution in [3.63, 3.8) is 0 Å². The highest BCUT2D eigenvalue weighted by Crippen LogP contribution is 2.29. The molecule has 1 heterocycles. The number of amides is 1. The van der Waals surface area contributed by atoms with Gasteiger partial charge >= 0.3 is 5.97 Å². The van der Waals surface area contributed by atoms with Gasteiger partial charge in [-0.25, -0.2) is 9.78 Å². The van der Waals surface area contributed by atoms with Crippen LogP contribution in [0.15, 0.2) is 71.6 Å². The number of hydrogen-bond acceptors (Lipinski definition) is 5. The minimum absolute atomic E-state index is 0.146. The van der Waals surface area contributed by atoms with Gasteiger partial charge in [-0.1, -0.05) is 30.3 Å². The Morgan fingerprint density at radius 3 is 2.55 bits per heavy atom. The number of nitrogens with one attached hydrogen (secondary N) is 1. The minimum atomic E-state index is -0.984. The summed E-state index contributed by atoms with van der Waals surface area (Å²) in [5.41, 5.74) is 4.10. The van der Waals surface area contributed by atoms with E-state index in [9.17, 15) is 9.59 Å². The van der Waals surface area contributed by atoms with Crippen LogP contribution < -0.4 is 5.32 Å². The van der Waals surface area contributed by atoms with Gasteiger partial charge in [0.05, 0.1) is 22.2 Å². The van der Waals surface area contributed by atoms with Gasteiger partial charge < -0.3 is 10.4 Å². The summed E-state index contributed by atoms with van der Waals surface area (Å²) in [6.45, 7) is 0.279. The number of fused-ring (bicyclic) bond motifs is 1. The average Bonchev–Trinajstić information content (AvgIpc) is 3.19. The van der Waals surface area contributed by atoms with Crippen LogP contribution in [0.4, 0.5) is 0 Å². The van der Waals surface area contributed by atoms with E-state index in [4.69, 9.17) is 5.11 Å². The highest BCUT2D eigenvalue weighted by molar-refractivity contribution is 7.98. The first-order valence-electron chi connectivity index (χ1n) is 9.64. The molecule has 0 spiro atoms. The summed E-state index contributed by atoms with van der Waals surface area (Å²) in [5.74, 6) is -1.13. The number of thiazole rings is 1. The minimum Gasteiger partial charge on any atom is -0.478 e. The molecule has 5 nitrogen and oxygen atoms in total. The van der Waals surface area contributed by atoms with Crippen molar-refractivity contribution in [2.45, 2.75) is 17.9 Å². The summed E-state index contributed by atoms with van der Waals surface area (Å²) in [4.78, 5) is 29.2. The first-order chi connectivity index (χ1) is 15.0. The standard InChI is InChI=1S/C24H20N2O3S2/c1-30-19-8-5-16(6-9-19)17-7-10-20-21(12-17)31-23(26-20)13-22(27)25-14-15-3-2-4-18(11-15)24(28)29/h2-12H,13-14H2,1H3,(H,25,27)(H,28,29). The van der Waals surface area contributed by atoms with Crippen LogP contribution in [0.5, 0.6) is 0 Å². The van der Waals surface area contributed by atoms with Crippen molar-refractivity contribution in [1.82, 2.24) is 10.3 Å². The number of aromatic carboxylic acids is 1. The van der Waals surface area contributed by atoms with E-state index in [1.807, 2.05) is 6.07 Å². The van der Waals surface area contributed by atoms with E-state index in [2.05, 4.69) is 53.0 Å². The molecule has 0 aliphatic rings. The number of benzene rings is 3. The van der Waals surface area contributed by atoms with E-state index >= 15 is 0 Å². The van der Waals surface area contributed by atoms with Gasteiger partial charge in [0.2, 0.25) is 5.91 Å². The molecule has 0 saturated carbocycles. The van der Waals surface area contributed by atoms with Gasteiger partial charge in [-0.05, 0) is 59.3 Å². The van der Waals surface area contributed by atoms with Gasteiger partial charge in [-0.2, -0.15) is 0 Å². The van der Waals surface area contributed by atoms with E-state index in [1.165, 1.54) is 22.3 Å². The molecule has 0 unspecified atom stereocenters. The molecular formula is C24H20N2O3S2. The van der Waals surface area contributed by atoms with Crippen molar-refractivity contribution in [2.24, 2.45) is 0 Å². The van der Waals surface area contributed by atoms with Crippen LogP contribution >= 0.6 is 23.1 Å². The van der Waals surface area contributed by atoms with Gasteiger partial charge in [-0.3, -0.25) is 4.79 Å². The first-order valence-corrected chi connectivity index (χ1v) is 11.7. The SMILES string of the molecule is CSc1ccc(-c2ccc3nc(CC(=O)NCc4cccc(C(=O)O)c4)sc3c2)cc1. The van der Waals surface area contributed by atoms with Crippen molar-refractivity contribution in [3.05, 3.63) is 82.9 Å². The maximum atomic E-state index is 12.4. The number of thioether (sulfide) groups is 1. The number of carboxylic acids is 1. The number of hydrogen-bond donors (Lipinski definition) is 2. The number of rotatable bonds is 7. The summed E-state index contributed by atoms with van der Waals surface area (Å²) in [7, 11) is 0. The Balaban J connectivity index is 1.43. The Morgan fingerprint density at radius 2 is 1.81 bits per heavy atom. The van der Waals surface area contributed by atoms with Crippen molar-refractivity contribution in [1.29, 1.82) is 0 Å². The molecule has 0 aliphatic heterocycles. The number of carboxylic acid groups (broad SMARTS) is 1. The number of carbonyl (C=O) groups excluding carboxylic acids is 1. The van der Waals surface area contributed by atoms with Crippen molar-refractivity contribution < 1.29 is 14.7 Å². The highest BCUT2D eigenvalue weighted by atomic mass is 32.2. The Labute approximate surface area is 188 Å². The average molecular weight is 449 g/mol. The smallest absolute Gasteiger partial charge is 0.335 e. The molecule has 1 amide bonds. The van der Waals surface area contributed by atoms with Gasteiger partial charge in [0.1, 0.15) is 5.01 Å². The number of aromatic nitrogens is 1. The quantitative estimate of drug-likeness (QED) is 0.378. The third kappa shape index (κ3) is 5.13. The Kier molecular flexibility index (Phi) is 6.34. The fourth-order valence-electron chi connectivity index (χ4n) is 3.23. The molecule has 2 N–H and O–H groups in total. The summed E-state index contributed by atoms with van der Waals surface area (Å²) < 4.78 is 1.04. The lowest BCUT2D eigenvalue weighted by atomic mass is 10.1. The van der Waals surface area contributed by atoms with E-state index in [-0.39, 0.29) is 24.4 Å². The molecule has 7 heteroatoms. The second-order valence-corrected chi connectivity index (χ2v) is 8.97. The van der Waals surface area contributed by atoms with Crippen molar-refractivity contribution in [2.75, 3.05) is 6.26 Å². The predicted molar refractivity (Wildman–Crippen MR) is 126 cm³/mol. The zero-order valence-corrected chi connectivity index (χ0v) is 18.4. The predicted octanol–water partition coefficient (Wildman–Crippen LogP) is 5.24. The molecule has 0 fully saturated rings. The lowest BCUT2D eigenvalue weighted by Gasteiger charge is -2.05. The van der Waals surface area contributed by atoms with E-state index in [0.29, 0.717) is 0 Å². The van der Waals surface area contributed by atoms with Crippen LogP contribution in [-0.4, -0.2) is 28.2 Å². The second-order valence-electron chi connectivity index (χ2n) is 6.98. The highest BCUT2D eigenvalue weighted by Gasteiger charge is 2.11. The van der Waals surface area contributed by atoms with Gasteiger partial charge in [0, 0.05) is 11.4 Å². The molecule has 1 aromatic heterocycles. The van der Waals surface area contributed by atoms with Crippen LogP contribution in [0, 0.1) is 0 Å². The largest absolute Gasteiger partial charge is 0.478 e. The molecule has 156 valence electrons. The van der Waals surface area contributed by atoms with Crippen LogP contribution in [-0.2, 0) is 17.8 Å². The van der Waals surface area contributed by atoms with Gasteiger partial charge in [0.25, 0.3) is 0 Å². The molecule has 0 saturated heterocycles. The second kappa shape index (κ2) is 9.32. The topological polar surface area (TPSA) is 79.3 Å². The molecule has 0 radical (unpaired) electrons. The Morgan fingerprint density at radius 1 is 1.03 bits per heavy atom. The molecule has 0 bridgehead atoms. The molecule has 4 rings (SSSR count). The first kappa shape index (κ1) is 21.1. The third-order valence-electron chi connectivity index (χ3n) is 4.83. The Hall–Kier alpha value is -3.16. The zero-order chi connectivity index (χ0) is 21.8. The third-order valence-corrected chi connectivity index (χ3v) is 6.59. The number of nitrogens with zero attached hydrogens (tertiary/aromatic N) is 1. The molecular weight excluding hydrogens is 428 g/mol. The van der Waals surface area contributed by atoms with E-state index in [1.54, 1.807) is 30.0 Å². The molecule has 3 aromatic carbocycles. The summed E-state index contributed by atoms with van der Waals surface area (Å²) in [5, 5.41) is 12.7. The van der Waals surface area contributed by atoms with E-state index in [0.717, 1.165) is 31.9 Å². The maximum absolute atomic E-state index is 12.4. The number of carbonyl (C=O) groups is 2. The molecule has 0 atom stereocenters. The Bertz CT molecular complexity index is 1250.